The third-order valence-electron chi connectivity index (χ3n) is 1.95. The number of hydrogen-bond acceptors (Lipinski definition) is 6. The fourth-order valence-electron chi connectivity index (χ4n) is 0.948. The molecule has 0 radical (unpaired) electrons. The van der Waals surface area contributed by atoms with Crippen molar-refractivity contribution in [2.75, 3.05) is 32.4 Å². The SMILES string of the molecule is CON(C)C(=O)N(C)c1ncc(S(C)(=O)=O)s1. The minimum atomic E-state index is -3.29. The molecule has 0 fully saturated rings. The first-order valence-corrected chi connectivity index (χ1v) is 7.19. The number of anilines is 1. The van der Waals surface area contributed by atoms with Crippen LogP contribution in [0.5, 0.6) is 0 Å². The Balaban J connectivity index is 2.95. The Hall–Kier alpha value is -1.19. The van der Waals surface area contributed by atoms with E-state index in [9.17, 15) is 13.2 Å². The predicted octanol–water partition coefficient (Wildman–Crippen LogP) is 0.596. The zero-order valence-corrected chi connectivity index (χ0v) is 11.5. The van der Waals surface area contributed by atoms with Gasteiger partial charge in [0.2, 0.25) is 0 Å². The van der Waals surface area contributed by atoms with E-state index < -0.39 is 15.9 Å². The maximum absolute atomic E-state index is 11.7. The summed E-state index contributed by atoms with van der Waals surface area (Å²) in [5.74, 6) is 0. The molecule has 0 aliphatic carbocycles. The highest BCUT2D eigenvalue weighted by atomic mass is 32.2. The Labute approximate surface area is 103 Å². The molecule has 0 spiro atoms. The van der Waals surface area contributed by atoms with Crippen molar-refractivity contribution in [3.63, 3.8) is 0 Å². The molecule has 0 saturated carbocycles. The fourth-order valence-corrected chi connectivity index (χ4v) is 2.63. The van der Waals surface area contributed by atoms with Crippen LogP contribution in [0.3, 0.4) is 0 Å². The first-order chi connectivity index (χ1) is 7.77. The number of carbonyl (C=O) groups is 1. The molecule has 0 aromatic carbocycles. The summed E-state index contributed by atoms with van der Waals surface area (Å²) in [6, 6.07) is -0.443. The van der Waals surface area contributed by atoms with Gasteiger partial charge in [0, 0.05) is 20.4 Å². The van der Waals surface area contributed by atoms with E-state index in [0.29, 0.717) is 5.13 Å². The zero-order valence-electron chi connectivity index (χ0n) is 9.87. The van der Waals surface area contributed by atoms with Crippen molar-refractivity contribution in [1.29, 1.82) is 0 Å². The smallest absolute Gasteiger partial charge is 0.273 e. The van der Waals surface area contributed by atoms with Gasteiger partial charge in [-0.15, -0.1) is 0 Å². The first kappa shape index (κ1) is 13.9. The van der Waals surface area contributed by atoms with Crippen molar-refractivity contribution >= 4 is 32.3 Å². The van der Waals surface area contributed by atoms with Gasteiger partial charge in [0.15, 0.2) is 15.0 Å². The molecule has 2 amide bonds. The van der Waals surface area contributed by atoms with Crippen LogP contribution in [0.15, 0.2) is 10.4 Å². The van der Waals surface area contributed by atoms with Crippen LogP contribution in [0, 0.1) is 0 Å². The summed E-state index contributed by atoms with van der Waals surface area (Å²) in [6.07, 6.45) is 2.32. The molecule has 9 heteroatoms. The van der Waals surface area contributed by atoms with Gasteiger partial charge in [-0.3, -0.25) is 9.74 Å². The summed E-state index contributed by atoms with van der Waals surface area (Å²) in [5, 5.41) is 1.31. The van der Waals surface area contributed by atoms with Crippen LogP contribution in [0.1, 0.15) is 0 Å². The third kappa shape index (κ3) is 3.14. The average Bonchev–Trinajstić information content (AvgIpc) is 2.74. The summed E-state index contributed by atoms with van der Waals surface area (Å²) in [7, 11) is 1.00. The molecule has 96 valence electrons. The lowest BCUT2D eigenvalue weighted by Gasteiger charge is -2.20. The molecule has 0 aliphatic rings. The minimum absolute atomic E-state index is 0.118. The Morgan fingerprint density at radius 3 is 2.47 bits per heavy atom. The van der Waals surface area contributed by atoms with Gasteiger partial charge in [-0.2, -0.15) is 0 Å². The van der Waals surface area contributed by atoms with Gasteiger partial charge in [-0.25, -0.2) is 23.3 Å². The van der Waals surface area contributed by atoms with Crippen LogP contribution in [-0.4, -0.2) is 52.0 Å². The monoisotopic (exact) mass is 279 g/mol. The first-order valence-electron chi connectivity index (χ1n) is 4.48. The molecule has 0 bridgehead atoms. The number of thiazole rings is 1. The molecule has 0 unspecified atom stereocenters. The molecule has 0 aliphatic heterocycles. The van der Waals surface area contributed by atoms with Crippen molar-refractivity contribution in [1.82, 2.24) is 10.0 Å². The number of aromatic nitrogens is 1. The van der Waals surface area contributed by atoms with Gasteiger partial charge >= 0.3 is 6.03 Å². The second-order valence-electron chi connectivity index (χ2n) is 3.26. The van der Waals surface area contributed by atoms with Crippen LogP contribution >= 0.6 is 11.3 Å². The lowest BCUT2D eigenvalue weighted by atomic mass is 10.8. The van der Waals surface area contributed by atoms with Crippen LogP contribution < -0.4 is 4.90 Å². The van der Waals surface area contributed by atoms with Gasteiger partial charge in [0.05, 0.1) is 13.3 Å². The summed E-state index contributed by atoms with van der Waals surface area (Å²) < 4.78 is 22.6. The number of hydroxylamine groups is 2. The molecular formula is C8H13N3O4S2. The number of hydrogen-bond donors (Lipinski definition) is 0. The molecule has 0 saturated heterocycles. The van der Waals surface area contributed by atoms with E-state index in [4.69, 9.17) is 4.84 Å². The van der Waals surface area contributed by atoms with Crippen LogP contribution in [-0.2, 0) is 14.7 Å². The molecular weight excluding hydrogens is 266 g/mol. The van der Waals surface area contributed by atoms with Crippen molar-refractivity contribution < 1.29 is 18.0 Å². The van der Waals surface area contributed by atoms with Gasteiger partial charge in [-0.05, 0) is 0 Å². The number of nitrogens with zero attached hydrogens (tertiary/aromatic N) is 3. The van der Waals surface area contributed by atoms with E-state index >= 15 is 0 Å². The summed E-state index contributed by atoms with van der Waals surface area (Å²) in [4.78, 5) is 21.5. The molecule has 7 nitrogen and oxygen atoms in total. The second kappa shape index (κ2) is 4.98. The standard InChI is InChI=1S/C8H13N3O4S2/c1-10(8(12)11(2)15-3)7-9-5-6(16-7)17(4,13)14/h5H,1-4H3. The maximum atomic E-state index is 11.7. The number of sulfone groups is 1. The van der Waals surface area contributed by atoms with Crippen molar-refractivity contribution in [2.24, 2.45) is 0 Å². The zero-order chi connectivity index (χ0) is 13.2. The van der Waals surface area contributed by atoms with Crippen molar-refractivity contribution in [3.05, 3.63) is 6.20 Å². The van der Waals surface area contributed by atoms with Crippen LogP contribution in [0.25, 0.3) is 0 Å². The average molecular weight is 279 g/mol. The van der Waals surface area contributed by atoms with E-state index in [1.807, 2.05) is 0 Å². The topological polar surface area (TPSA) is 79.8 Å². The Morgan fingerprint density at radius 2 is 2.06 bits per heavy atom. The minimum Gasteiger partial charge on any atom is -0.273 e. The molecule has 0 N–H and O–H groups in total. The van der Waals surface area contributed by atoms with E-state index in [0.717, 1.165) is 22.7 Å². The van der Waals surface area contributed by atoms with Gasteiger partial charge in [-0.1, -0.05) is 11.3 Å². The van der Waals surface area contributed by atoms with E-state index in [-0.39, 0.29) is 4.21 Å². The van der Waals surface area contributed by atoms with Crippen LogP contribution in [0.4, 0.5) is 9.93 Å². The molecule has 1 aromatic rings. The third-order valence-corrected chi connectivity index (χ3v) is 4.82. The molecule has 1 heterocycles. The number of urea groups is 1. The molecule has 1 rings (SSSR count). The normalized spacial score (nSPS) is 11.3. The lowest BCUT2D eigenvalue weighted by Crippen LogP contribution is -2.38. The highest BCUT2D eigenvalue weighted by Gasteiger charge is 2.20. The maximum Gasteiger partial charge on any atom is 0.349 e. The quantitative estimate of drug-likeness (QED) is 0.757. The highest BCUT2D eigenvalue weighted by molar-refractivity contribution is 7.92. The number of rotatable bonds is 3. The van der Waals surface area contributed by atoms with E-state index in [2.05, 4.69) is 4.98 Å². The largest absolute Gasteiger partial charge is 0.349 e. The highest BCUT2D eigenvalue weighted by Crippen LogP contribution is 2.25. The molecule has 0 atom stereocenters. The Bertz CT molecular complexity index is 511. The molecule has 17 heavy (non-hydrogen) atoms. The lowest BCUT2D eigenvalue weighted by molar-refractivity contribution is -0.0618. The van der Waals surface area contributed by atoms with Gasteiger partial charge < -0.3 is 0 Å². The fraction of sp³-hybridized carbons (Fsp3) is 0.500. The predicted molar refractivity (Wildman–Crippen MR) is 63.8 cm³/mol. The van der Waals surface area contributed by atoms with Gasteiger partial charge in [0.1, 0.15) is 4.21 Å². The van der Waals surface area contributed by atoms with Gasteiger partial charge in [0.25, 0.3) is 0 Å². The van der Waals surface area contributed by atoms with Crippen molar-refractivity contribution in [3.8, 4) is 0 Å². The number of carbonyl (C=O) groups excluding carboxylic acids is 1. The van der Waals surface area contributed by atoms with Crippen LogP contribution in [0.2, 0.25) is 0 Å². The Morgan fingerprint density at radius 1 is 1.47 bits per heavy atom. The summed E-state index contributed by atoms with van der Waals surface area (Å²) in [5.41, 5.74) is 0. The summed E-state index contributed by atoms with van der Waals surface area (Å²) >= 11 is 0.928. The Kier molecular flexibility index (Phi) is 4.07. The van der Waals surface area contributed by atoms with E-state index in [1.165, 1.54) is 32.3 Å². The molecule has 1 aromatic heterocycles. The van der Waals surface area contributed by atoms with E-state index in [1.54, 1.807) is 0 Å². The second-order valence-corrected chi connectivity index (χ2v) is 6.51. The number of amides is 2. The summed E-state index contributed by atoms with van der Waals surface area (Å²) in [6.45, 7) is 0. The van der Waals surface area contributed by atoms with Crippen molar-refractivity contribution in [2.45, 2.75) is 4.21 Å².